The number of halogens is 2. The molecule has 0 spiro atoms. The fourth-order valence-corrected chi connectivity index (χ4v) is 4.62. The van der Waals surface area contributed by atoms with E-state index in [-0.39, 0.29) is 10.9 Å². The molecular formula is C23H18Cl2N4O2. The number of oxime groups is 1. The van der Waals surface area contributed by atoms with Gasteiger partial charge in [-0.25, -0.2) is 0 Å². The van der Waals surface area contributed by atoms with E-state index in [1.165, 1.54) is 15.9 Å². The summed E-state index contributed by atoms with van der Waals surface area (Å²) in [6.45, 7) is 6.14. The number of hydrazine groups is 2. The number of para-hydroxylation sites is 2. The van der Waals surface area contributed by atoms with Gasteiger partial charge in [-0.2, -0.15) is 10.0 Å². The van der Waals surface area contributed by atoms with Crippen LogP contribution in [-0.2, 0) is 4.94 Å². The first-order valence-electron chi connectivity index (χ1n) is 9.69. The van der Waals surface area contributed by atoms with E-state index >= 15 is 0 Å². The number of anilines is 2. The average molecular weight is 453 g/mol. The summed E-state index contributed by atoms with van der Waals surface area (Å²) >= 11 is 12.3. The van der Waals surface area contributed by atoms with E-state index in [1.807, 2.05) is 38.1 Å². The molecule has 3 aromatic rings. The SMILES string of the molecule is Cc1cc(C)c(C2=NON3N(C(=O)c4ccc(Cl)cc4Cl)c4ccccc4N23)c(C)c1. The molecule has 0 N–H and O–H groups in total. The first kappa shape index (κ1) is 19.9. The molecule has 8 heteroatoms. The second-order valence-electron chi connectivity index (χ2n) is 7.56. The molecule has 0 aliphatic carbocycles. The van der Waals surface area contributed by atoms with Gasteiger partial charge in [0, 0.05) is 10.6 Å². The van der Waals surface area contributed by atoms with Crippen LogP contribution in [0, 0.1) is 20.8 Å². The molecule has 0 fully saturated rings. The quantitative estimate of drug-likeness (QED) is 0.490. The van der Waals surface area contributed by atoms with E-state index in [0.29, 0.717) is 22.1 Å². The standard InChI is InChI=1S/C23H18Cl2N4O2/c1-13-10-14(2)21(15(3)11-13)22-26-31-29-27(22)19-6-4-5-7-20(19)28(29)23(30)17-9-8-16(24)12-18(17)25/h4-12H,1-3H3. The summed E-state index contributed by atoms with van der Waals surface area (Å²) in [5, 5.41) is 9.61. The molecule has 156 valence electrons. The lowest BCUT2D eigenvalue weighted by Gasteiger charge is -2.25. The van der Waals surface area contributed by atoms with Crippen LogP contribution in [0.15, 0.2) is 59.8 Å². The number of hydrogen-bond donors (Lipinski definition) is 0. The van der Waals surface area contributed by atoms with Crippen molar-refractivity contribution in [2.24, 2.45) is 5.16 Å². The van der Waals surface area contributed by atoms with E-state index in [9.17, 15) is 4.79 Å². The third kappa shape index (κ3) is 3.07. The van der Waals surface area contributed by atoms with Crippen LogP contribution in [0.3, 0.4) is 0 Å². The van der Waals surface area contributed by atoms with E-state index in [1.54, 1.807) is 23.2 Å². The summed E-state index contributed by atoms with van der Waals surface area (Å²) in [4.78, 5) is 19.2. The number of amidine groups is 1. The van der Waals surface area contributed by atoms with Gasteiger partial charge in [0.25, 0.3) is 5.91 Å². The van der Waals surface area contributed by atoms with Crippen LogP contribution in [-0.4, -0.2) is 17.0 Å². The molecule has 5 rings (SSSR count). The molecule has 2 aliphatic heterocycles. The lowest BCUT2D eigenvalue weighted by atomic mass is 9.98. The topological polar surface area (TPSA) is 48.4 Å². The predicted molar refractivity (Wildman–Crippen MR) is 122 cm³/mol. The zero-order chi connectivity index (χ0) is 21.9. The number of carbonyl (C=O) groups is 1. The number of fused-ring (bicyclic) bond motifs is 3. The molecule has 0 aromatic heterocycles. The van der Waals surface area contributed by atoms with E-state index in [4.69, 9.17) is 28.1 Å². The Bertz CT molecular complexity index is 1250. The smallest absolute Gasteiger partial charge is 0.267 e. The molecule has 1 amide bonds. The average Bonchev–Trinajstić information content (AvgIpc) is 3.25. The van der Waals surface area contributed by atoms with Gasteiger partial charge in [0.15, 0.2) is 0 Å². The molecule has 0 radical (unpaired) electrons. The number of aryl methyl sites for hydroxylation is 3. The second-order valence-corrected chi connectivity index (χ2v) is 8.41. The largest absolute Gasteiger partial charge is 0.278 e. The number of benzene rings is 3. The highest BCUT2D eigenvalue weighted by molar-refractivity contribution is 6.37. The molecular weight excluding hydrogens is 435 g/mol. The molecule has 0 saturated carbocycles. The van der Waals surface area contributed by atoms with Gasteiger partial charge >= 0.3 is 0 Å². The number of nitrogens with zero attached hydrogens (tertiary/aromatic N) is 4. The fraction of sp³-hybridized carbons (Fsp3) is 0.130. The molecule has 0 unspecified atom stereocenters. The molecule has 0 atom stereocenters. The number of rotatable bonds is 2. The van der Waals surface area contributed by atoms with Gasteiger partial charge in [-0.05, 0) is 67.4 Å². The highest BCUT2D eigenvalue weighted by Crippen LogP contribution is 2.44. The van der Waals surface area contributed by atoms with Crippen LogP contribution >= 0.6 is 23.2 Å². The highest BCUT2D eigenvalue weighted by atomic mass is 35.5. The molecule has 3 aromatic carbocycles. The predicted octanol–water partition coefficient (Wildman–Crippen LogP) is 5.82. The van der Waals surface area contributed by atoms with Gasteiger partial charge in [-0.15, -0.1) is 0 Å². The summed E-state index contributed by atoms with van der Waals surface area (Å²) in [5.41, 5.74) is 6.02. The van der Waals surface area contributed by atoms with Gasteiger partial charge in [-0.1, -0.05) is 53.0 Å². The van der Waals surface area contributed by atoms with Crippen LogP contribution in [0.2, 0.25) is 10.0 Å². The van der Waals surface area contributed by atoms with Gasteiger partial charge in [-0.3, -0.25) is 9.73 Å². The Balaban J connectivity index is 1.61. The fourth-order valence-electron chi connectivity index (χ4n) is 4.13. The molecule has 31 heavy (non-hydrogen) atoms. The minimum absolute atomic E-state index is 0.263. The molecule has 2 aliphatic rings. The third-order valence-electron chi connectivity index (χ3n) is 5.34. The van der Waals surface area contributed by atoms with E-state index < -0.39 is 0 Å². The van der Waals surface area contributed by atoms with Crippen LogP contribution in [0.25, 0.3) is 0 Å². The van der Waals surface area contributed by atoms with Crippen molar-refractivity contribution >= 4 is 46.3 Å². The Hall–Kier alpha value is -3.06. The molecule has 0 saturated heterocycles. The van der Waals surface area contributed by atoms with E-state index in [2.05, 4.69) is 24.2 Å². The highest BCUT2D eigenvalue weighted by Gasteiger charge is 2.47. The van der Waals surface area contributed by atoms with Crippen molar-refractivity contribution in [3.8, 4) is 0 Å². The Morgan fingerprint density at radius 1 is 0.935 bits per heavy atom. The molecule has 0 bridgehead atoms. The number of hydrogen-bond acceptors (Lipinski definition) is 5. The Morgan fingerprint density at radius 2 is 1.61 bits per heavy atom. The lowest BCUT2D eigenvalue weighted by Crippen LogP contribution is -2.49. The van der Waals surface area contributed by atoms with Gasteiger partial charge in [0.2, 0.25) is 5.84 Å². The summed E-state index contributed by atoms with van der Waals surface area (Å²) in [6, 6.07) is 16.5. The van der Waals surface area contributed by atoms with E-state index in [0.717, 1.165) is 22.4 Å². The minimum Gasteiger partial charge on any atom is -0.267 e. The van der Waals surface area contributed by atoms with Crippen molar-refractivity contribution in [2.75, 3.05) is 10.0 Å². The Morgan fingerprint density at radius 3 is 2.29 bits per heavy atom. The summed E-state index contributed by atoms with van der Waals surface area (Å²) < 4.78 is 0. The zero-order valence-electron chi connectivity index (χ0n) is 17.1. The maximum absolute atomic E-state index is 13.5. The van der Waals surface area contributed by atoms with Crippen molar-refractivity contribution in [3.63, 3.8) is 0 Å². The van der Waals surface area contributed by atoms with Gasteiger partial charge in [0.1, 0.15) is 0 Å². The number of carbonyl (C=O) groups excluding carboxylic acids is 1. The van der Waals surface area contributed by atoms with Crippen molar-refractivity contribution in [2.45, 2.75) is 20.8 Å². The van der Waals surface area contributed by atoms with Crippen LogP contribution in [0.5, 0.6) is 0 Å². The van der Waals surface area contributed by atoms with Crippen LogP contribution in [0.1, 0.15) is 32.6 Å². The summed E-state index contributed by atoms with van der Waals surface area (Å²) in [5.74, 6) is 0.255. The third-order valence-corrected chi connectivity index (χ3v) is 5.88. The first-order chi connectivity index (χ1) is 14.9. The summed E-state index contributed by atoms with van der Waals surface area (Å²) in [6.07, 6.45) is 0. The maximum Gasteiger partial charge on any atom is 0.278 e. The van der Waals surface area contributed by atoms with Crippen molar-refractivity contribution in [3.05, 3.63) is 92.5 Å². The van der Waals surface area contributed by atoms with Gasteiger partial charge < -0.3 is 0 Å². The maximum atomic E-state index is 13.5. The summed E-state index contributed by atoms with van der Waals surface area (Å²) in [7, 11) is 0. The van der Waals surface area contributed by atoms with Crippen LogP contribution < -0.4 is 10.0 Å². The molecule has 2 heterocycles. The Labute approximate surface area is 189 Å². The Kier molecular flexibility index (Phi) is 4.66. The van der Waals surface area contributed by atoms with Crippen molar-refractivity contribution in [1.82, 2.24) is 5.28 Å². The zero-order valence-corrected chi connectivity index (χ0v) is 18.6. The van der Waals surface area contributed by atoms with Gasteiger partial charge in [0.05, 0.1) is 27.2 Å². The second kappa shape index (κ2) is 7.27. The first-order valence-corrected chi connectivity index (χ1v) is 10.4. The lowest BCUT2D eigenvalue weighted by molar-refractivity contribution is -0.135. The normalized spacial score (nSPS) is 14.9. The molecule has 6 nitrogen and oxygen atoms in total. The minimum atomic E-state index is -0.356. The van der Waals surface area contributed by atoms with Crippen LogP contribution in [0.4, 0.5) is 11.4 Å². The monoisotopic (exact) mass is 452 g/mol. The van der Waals surface area contributed by atoms with Crippen molar-refractivity contribution in [1.29, 1.82) is 0 Å². The van der Waals surface area contributed by atoms with Crippen molar-refractivity contribution < 1.29 is 9.73 Å². The number of amides is 1.